The van der Waals surface area contributed by atoms with Gasteiger partial charge in [0.25, 0.3) is 0 Å². The smallest absolute Gasteiger partial charge is 0.373 e. The summed E-state index contributed by atoms with van der Waals surface area (Å²) in [5.74, 6) is 2.68. The maximum absolute atomic E-state index is 10.1. The van der Waals surface area contributed by atoms with E-state index in [4.69, 9.17) is 9.59 Å². The normalized spacial score (nSPS) is 47.9. The van der Waals surface area contributed by atoms with E-state index in [9.17, 15) is 5.11 Å². The van der Waals surface area contributed by atoms with Crippen LogP contribution in [0.2, 0.25) is 0 Å². The zero-order valence-corrected chi connectivity index (χ0v) is 8.24. The van der Waals surface area contributed by atoms with Gasteiger partial charge in [-0.05, 0) is 56.3 Å². The van der Waals surface area contributed by atoms with Crippen LogP contribution >= 0.6 is 0 Å². The Morgan fingerprint density at radius 1 is 0.929 bits per heavy atom. The average molecular weight is 196 g/mol. The lowest BCUT2D eigenvalue weighted by molar-refractivity contribution is -0.191. The molecule has 0 aromatic heterocycles. The van der Waals surface area contributed by atoms with Gasteiger partial charge in [-0.2, -0.15) is 9.59 Å². The molecule has 4 rings (SSSR count). The average Bonchev–Trinajstić information content (AvgIpc) is 1.99. The van der Waals surface area contributed by atoms with E-state index in [2.05, 4.69) is 0 Å². The Bertz CT molecular complexity index is 218. The second kappa shape index (κ2) is 3.48. The molecule has 0 radical (unpaired) electrons. The Kier molecular flexibility index (Phi) is 2.46. The van der Waals surface area contributed by atoms with Crippen molar-refractivity contribution in [2.45, 2.75) is 44.1 Å². The minimum Gasteiger partial charge on any atom is -0.390 e. The molecule has 4 saturated carbocycles. The molecule has 0 aromatic rings. The minimum absolute atomic E-state index is 0.200. The van der Waals surface area contributed by atoms with E-state index in [1.807, 2.05) is 0 Å². The fraction of sp³-hybridized carbons (Fsp3) is 0.909. The van der Waals surface area contributed by atoms with Crippen LogP contribution in [0.5, 0.6) is 0 Å². The van der Waals surface area contributed by atoms with Crippen LogP contribution in [-0.2, 0) is 9.59 Å². The van der Waals surface area contributed by atoms with Gasteiger partial charge >= 0.3 is 6.15 Å². The monoisotopic (exact) mass is 196 g/mol. The fourth-order valence-corrected chi connectivity index (χ4v) is 4.06. The van der Waals surface area contributed by atoms with Crippen molar-refractivity contribution in [3.05, 3.63) is 0 Å². The van der Waals surface area contributed by atoms with Gasteiger partial charge in [-0.1, -0.05) is 0 Å². The first-order valence-corrected chi connectivity index (χ1v) is 5.37. The second-order valence-corrected chi connectivity index (χ2v) is 5.23. The minimum atomic E-state index is -0.200. The SMILES string of the molecule is O=C=O.OC12CC3CC(CC(C3)C1)C2. The number of hydrogen-bond acceptors (Lipinski definition) is 3. The van der Waals surface area contributed by atoms with Crippen molar-refractivity contribution in [3.63, 3.8) is 0 Å². The molecule has 4 fully saturated rings. The summed E-state index contributed by atoms with van der Waals surface area (Å²) in [6.45, 7) is 0. The molecular weight excluding hydrogens is 180 g/mol. The quantitative estimate of drug-likeness (QED) is 0.636. The zero-order valence-electron chi connectivity index (χ0n) is 8.24. The van der Waals surface area contributed by atoms with Gasteiger partial charge in [0.1, 0.15) is 0 Å². The van der Waals surface area contributed by atoms with E-state index in [1.54, 1.807) is 0 Å². The standard InChI is InChI=1S/C10H16O.CO2/c11-10-4-7-1-8(5-10)3-9(2-7)6-10;2-1-3/h7-9,11H,1-6H2;. The summed E-state index contributed by atoms with van der Waals surface area (Å²) in [7, 11) is 0. The Balaban J connectivity index is 0.000000226. The van der Waals surface area contributed by atoms with Crippen LogP contribution in [0.1, 0.15) is 38.5 Å². The number of hydrogen-bond donors (Lipinski definition) is 1. The van der Waals surface area contributed by atoms with Gasteiger partial charge in [0.2, 0.25) is 0 Å². The maximum Gasteiger partial charge on any atom is 0.373 e. The van der Waals surface area contributed by atoms with Gasteiger partial charge in [-0.3, -0.25) is 0 Å². The van der Waals surface area contributed by atoms with Crippen molar-refractivity contribution in [2.24, 2.45) is 17.8 Å². The third-order valence-corrected chi connectivity index (χ3v) is 4.01. The first kappa shape index (κ1) is 9.88. The lowest BCUT2D eigenvalue weighted by atomic mass is 9.54. The third kappa shape index (κ3) is 1.75. The summed E-state index contributed by atoms with van der Waals surface area (Å²) in [5.41, 5.74) is -0.200. The first-order valence-electron chi connectivity index (χ1n) is 5.37. The predicted molar refractivity (Wildman–Crippen MR) is 48.1 cm³/mol. The molecular formula is C11H16O3. The molecule has 1 N–H and O–H groups in total. The van der Waals surface area contributed by atoms with Gasteiger partial charge in [0, 0.05) is 0 Å². The molecule has 4 aliphatic rings. The number of carbonyl (C=O) groups excluding carboxylic acids is 2. The second-order valence-electron chi connectivity index (χ2n) is 5.23. The Morgan fingerprint density at radius 3 is 1.43 bits per heavy atom. The molecule has 0 amide bonds. The summed E-state index contributed by atoms with van der Waals surface area (Å²) >= 11 is 0. The molecule has 3 heteroatoms. The highest BCUT2D eigenvalue weighted by Crippen LogP contribution is 2.55. The van der Waals surface area contributed by atoms with E-state index in [0.717, 1.165) is 37.0 Å². The summed E-state index contributed by atoms with van der Waals surface area (Å²) in [4.78, 5) is 16.2. The van der Waals surface area contributed by atoms with Crippen LogP contribution < -0.4 is 0 Å². The number of aliphatic hydroxyl groups is 1. The first-order chi connectivity index (χ1) is 6.65. The largest absolute Gasteiger partial charge is 0.390 e. The van der Waals surface area contributed by atoms with Crippen LogP contribution in [0, 0.1) is 17.8 Å². The molecule has 4 aliphatic carbocycles. The van der Waals surface area contributed by atoms with Crippen molar-refractivity contribution < 1.29 is 14.7 Å². The lowest BCUT2D eigenvalue weighted by Gasteiger charge is -2.54. The Morgan fingerprint density at radius 2 is 1.21 bits per heavy atom. The summed E-state index contributed by atoms with van der Waals surface area (Å²) in [6.07, 6.45) is 7.91. The molecule has 0 aliphatic heterocycles. The van der Waals surface area contributed by atoms with Crippen molar-refractivity contribution >= 4 is 6.15 Å². The molecule has 4 bridgehead atoms. The highest BCUT2D eigenvalue weighted by Gasteiger charge is 2.49. The summed E-state index contributed by atoms with van der Waals surface area (Å²) in [5, 5.41) is 10.1. The van der Waals surface area contributed by atoms with Gasteiger partial charge in [0.15, 0.2) is 0 Å². The van der Waals surface area contributed by atoms with Gasteiger partial charge in [0.05, 0.1) is 5.60 Å². The highest BCUT2D eigenvalue weighted by molar-refractivity contribution is 5.20. The van der Waals surface area contributed by atoms with E-state index in [0.29, 0.717) is 0 Å². The van der Waals surface area contributed by atoms with Gasteiger partial charge in [-0.15, -0.1) is 0 Å². The Hall–Kier alpha value is -0.660. The Labute approximate surface area is 83.5 Å². The molecule has 3 nitrogen and oxygen atoms in total. The van der Waals surface area contributed by atoms with E-state index in [-0.39, 0.29) is 11.8 Å². The van der Waals surface area contributed by atoms with Gasteiger partial charge in [-0.25, -0.2) is 0 Å². The summed E-state index contributed by atoms with van der Waals surface area (Å²) in [6, 6.07) is 0. The van der Waals surface area contributed by atoms with Crippen LogP contribution in [0.15, 0.2) is 0 Å². The molecule has 0 unspecified atom stereocenters. The molecule has 14 heavy (non-hydrogen) atoms. The van der Waals surface area contributed by atoms with E-state index in [1.165, 1.54) is 19.3 Å². The van der Waals surface area contributed by atoms with Crippen molar-refractivity contribution in [1.29, 1.82) is 0 Å². The topological polar surface area (TPSA) is 54.4 Å². The molecule has 0 atom stereocenters. The zero-order chi connectivity index (χ0) is 10.2. The predicted octanol–water partition coefficient (Wildman–Crippen LogP) is 1.36. The van der Waals surface area contributed by atoms with E-state index < -0.39 is 0 Å². The maximum atomic E-state index is 10.1. The number of rotatable bonds is 0. The molecule has 0 aromatic carbocycles. The van der Waals surface area contributed by atoms with Crippen molar-refractivity contribution in [2.75, 3.05) is 0 Å². The highest BCUT2D eigenvalue weighted by atomic mass is 16.3. The third-order valence-electron chi connectivity index (χ3n) is 4.01. The van der Waals surface area contributed by atoms with Crippen LogP contribution in [0.4, 0.5) is 0 Å². The lowest BCUT2D eigenvalue weighted by Crippen LogP contribution is -2.50. The molecule has 0 spiro atoms. The molecule has 0 heterocycles. The summed E-state index contributed by atoms with van der Waals surface area (Å²) < 4.78 is 0. The molecule has 78 valence electrons. The van der Waals surface area contributed by atoms with Crippen LogP contribution in [-0.4, -0.2) is 16.9 Å². The van der Waals surface area contributed by atoms with Gasteiger partial charge < -0.3 is 5.11 Å². The van der Waals surface area contributed by atoms with Crippen molar-refractivity contribution in [3.8, 4) is 0 Å². The van der Waals surface area contributed by atoms with Crippen LogP contribution in [0.3, 0.4) is 0 Å². The van der Waals surface area contributed by atoms with Crippen molar-refractivity contribution in [1.82, 2.24) is 0 Å². The molecule has 0 saturated heterocycles. The van der Waals surface area contributed by atoms with E-state index >= 15 is 0 Å². The van der Waals surface area contributed by atoms with Crippen LogP contribution in [0.25, 0.3) is 0 Å². The fourth-order valence-electron chi connectivity index (χ4n) is 4.06.